The van der Waals surface area contributed by atoms with Gasteiger partial charge in [0.1, 0.15) is 0 Å². The molecule has 0 bridgehead atoms. The van der Waals surface area contributed by atoms with Crippen LogP contribution in [0.1, 0.15) is 37.9 Å². The Hall–Kier alpha value is -1.39. The predicted molar refractivity (Wildman–Crippen MR) is 106 cm³/mol. The van der Waals surface area contributed by atoms with Crippen molar-refractivity contribution in [1.29, 1.82) is 0 Å². The van der Waals surface area contributed by atoms with E-state index in [0.29, 0.717) is 30.5 Å². The summed E-state index contributed by atoms with van der Waals surface area (Å²) in [4.78, 5) is 10.6. The third-order valence-corrected chi connectivity index (χ3v) is 5.12. The lowest BCUT2D eigenvalue weighted by Gasteiger charge is -2.35. The molecular weight excluding hydrogens is 391 g/mol. The number of thiazole rings is 1. The fourth-order valence-corrected chi connectivity index (χ4v) is 3.94. The zero-order valence-corrected chi connectivity index (χ0v) is 17.5. The lowest BCUT2D eigenvalue weighted by molar-refractivity contribution is -0.140. The van der Waals surface area contributed by atoms with Gasteiger partial charge in [0.25, 0.3) is 0 Å². The van der Waals surface area contributed by atoms with Gasteiger partial charge in [0.15, 0.2) is 11.7 Å². The zero-order chi connectivity index (χ0) is 20.6. The van der Waals surface area contributed by atoms with Gasteiger partial charge in [-0.15, -0.1) is 11.3 Å². The van der Waals surface area contributed by atoms with Gasteiger partial charge in [-0.05, 0) is 27.2 Å². The number of nitrogens with zero attached hydrogens (tertiary/aromatic N) is 3. The van der Waals surface area contributed by atoms with Crippen LogP contribution in [0.5, 0.6) is 0 Å². The van der Waals surface area contributed by atoms with Gasteiger partial charge in [0, 0.05) is 51.1 Å². The molecule has 1 aliphatic heterocycles. The highest BCUT2D eigenvalue weighted by Gasteiger charge is 2.33. The molecule has 6 nitrogen and oxygen atoms in total. The SMILES string of the molecule is CCNC(=NCCCN1CC(C)OC(C)C1)NCCc1nc(C(F)(F)F)cs1. The highest BCUT2D eigenvalue weighted by atomic mass is 32.1. The van der Waals surface area contributed by atoms with Crippen LogP contribution >= 0.6 is 11.3 Å². The Kier molecular flexibility index (Phi) is 8.97. The van der Waals surface area contributed by atoms with Crippen LogP contribution in [0.3, 0.4) is 0 Å². The third kappa shape index (κ3) is 7.92. The molecule has 2 N–H and O–H groups in total. The van der Waals surface area contributed by atoms with E-state index in [-0.39, 0.29) is 12.2 Å². The second-order valence-electron chi connectivity index (χ2n) is 6.93. The van der Waals surface area contributed by atoms with Crippen LogP contribution in [-0.4, -0.2) is 67.3 Å². The average Bonchev–Trinajstić information content (AvgIpc) is 3.07. The molecule has 2 rings (SSSR count). The van der Waals surface area contributed by atoms with Crippen molar-refractivity contribution in [3.8, 4) is 0 Å². The first kappa shape index (κ1) is 22.9. The first-order valence-electron chi connectivity index (χ1n) is 9.69. The summed E-state index contributed by atoms with van der Waals surface area (Å²) in [6, 6.07) is 0. The van der Waals surface area contributed by atoms with E-state index in [0.717, 1.165) is 49.3 Å². The summed E-state index contributed by atoms with van der Waals surface area (Å²) < 4.78 is 43.5. The largest absolute Gasteiger partial charge is 0.434 e. The van der Waals surface area contributed by atoms with Gasteiger partial charge in [-0.25, -0.2) is 4.98 Å². The highest BCUT2D eigenvalue weighted by molar-refractivity contribution is 7.09. The molecule has 0 spiro atoms. The number of alkyl halides is 3. The molecule has 160 valence electrons. The summed E-state index contributed by atoms with van der Waals surface area (Å²) in [6.07, 6.45) is -2.49. The van der Waals surface area contributed by atoms with E-state index in [9.17, 15) is 13.2 Å². The summed E-state index contributed by atoms with van der Waals surface area (Å²) in [5.41, 5.74) is -0.820. The Morgan fingerprint density at radius 1 is 1.32 bits per heavy atom. The molecule has 0 saturated carbocycles. The van der Waals surface area contributed by atoms with E-state index < -0.39 is 11.9 Å². The second-order valence-corrected chi connectivity index (χ2v) is 7.87. The summed E-state index contributed by atoms with van der Waals surface area (Å²) in [5, 5.41) is 7.84. The topological polar surface area (TPSA) is 61.8 Å². The highest BCUT2D eigenvalue weighted by Crippen LogP contribution is 2.29. The molecule has 10 heteroatoms. The molecule has 0 aliphatic carbocycles. The minimum Gasteiger partial charge on any atom is -0.373 e. The number of aliphatic imine (C=N–C) groups is 1. The van der Waals surface area contributed by atoms with Crippen molar-refractivity contribution in [1.82, 2.24) is 20.5 Å². The number of hydrogen-bond acceptors (Lipinski definition) is 5. The number of guanidine groups is 1. The van der Waals surface area contributed by atoms with Crippen molar-refractivity contribution < 1.29 is 17.9 Å². The molecule has 2 heterocycles. The van der Waals surface area contributed by atoms with Crippen molar-refractivity contribution in [2.24, 2.45) is 4.99 Å². The Bertz CT molecular complexity index is 613. The Morgan fingerprint density at radius 3 is 2.64 bits per heavy atom. The molecule has 1 aliphatic rings. The quantitative estimate of drug-likeness (QED) is 0.384. The molecule has 1 saturated heterocycles. The van der Waals surface area contributed by atoms with Crippen LogP contribution in [0.4, 0.5) is 13.2 Å². The molecule has 0 amide bonds. The van der Waals surface area contributed by atoms with E-state index in [1.165, 1.54) is 0 Å². The van der Waals surface area contributed by atoms with Gasteiger partial charge in [-0.3, -0.25) is 9.89 Å². The van der Waals surface area contributed by atoms with Crippen molar-refractivity contribution in [2.75, 3.05) is 39.3 Å². The number of aromatic nitrogens is 1. The van der Waals surface area contributed by atoms with Crippen LogP contribution in [-0.2, 0) is 17.3 Å². The van der Waals surface area contributed by atoms with Crippen LogP contribution < -0.4 is 10.6 Å². The molecule has 2 unspecified atom stereocenters. The number of nitrogens with one attached hydrogen (secondary N) is 2. The van der Waals surface area contributed by atoms with Gasteiger partial charge in [-0.1, -0.05) is 0 Å². The summed E-state index contributed by atoms with van der Waals surface area (Å²) >= 11 is 1.03. The van der Waals surface area contributed by atoms with E-state index in [1.54, 1.807) is 0 Å². The van der Waals surface area contributed by atoms with Crippen molar-refractivity contribution >= 4 is 17.3 Å². The standard InChI is InChI=1S/C18H30F3N5OS/c1-4-22-17(23-7-5-9-26-10-13(2)27-14(3)11-26)24-8-6-16-25-15(12-28-16)18(19,20)21/h12-14H,4-11H2,1-3H3,(H2,22,23,24). The Morgan fingerprint density at radius 2 is 2.04 bits per heavy atom. The number of halogens is 3. The normalized spacial score (nSPS) is 21.7. The van der Waals surface area contributed by atoms with Crippen LogP contribution in [0, 0.1) is 0 Å². The van der Waals surface area contributed by atoms with Gasteiger partial charge < -0.3 is 15.4 Å². The van der Waals surface area contributed by atoms with E-state index in [1.807, 2.05) is 6.92 Å². The average molecular weight is 422 g/mol. The fraction of sp³-hybridized carbons (Fsp3) is 0.778. The summed E-state index contributed by atoms with van der Waals surface area (Å²) in [7, 11) is 0. The monoisotopic (exact) mass is 421 g/mol. The van der Waals surface area contributed by atoms with Crippen molar-refractivity contribution in [3.05, 3.63) is 16.1 Å². The molecule has 1 aromatic rings. The van der Waals surface area contributed by atoms with E-state index in [2.05, 4.69) is 39.4 Å². The Balaban J connectivity index is 1.72. The zero-order valence-electron chi connectivity index (χ0n) is 16.7. The molecule has 0 aromatic carbocycles. The lowest BCUT2D eigenvalue weighted by atomic mass is 10.2. The minimum absolute atomic E-state index is 0.259. The summed E-state index contributed by atoms with van der Waals surface area (Å²) in [5.74, 6) is 0.679. The van der Waals surface area contributed by atoms with E-state index in [4.69, 9.17) is 4.74 Å². The first-order valence-corrected chi connectivity index (χ1v) is 10.6. The smallest absolute Gasteiger partial charge is 0.373 e. The van der Waals surface area contributed by atoms with Gasteiger partial charge in [-0.2, -0.15) is 13.2 Å². The minimum atomic E-state index is -4.38. The van der Waals surface area contributed by atoms with Gasteiger partial charge in [0.2, 0.25) is 0 Å². The number of hydrogen-bond donors (Lipinski definition) is 2. The van der Waals surface area contributed by atoms with Crippen LogP contribution in [0.25, 0.3) is 0 Å². The number of morpholine rings is 1. The molecule has 1 aromatic heterocycles. The maximum absolute atomic E-state index is 12.6. The molecule has 1 fully saturated rings. The molecule has 0 radical (unpaired) electrons. The summed E-state index contributed by atoms with van der Waals surface area (Å²) in [6.45, 7) is 10.9. The molecular formula is C18H30F3N5OS. The third-order valence-electron chi connectivity index (χ3n) is 4.22. The number of ether oxygens (including phenoxy) is 1. The van der Waals surface area contributed by atoms with Crippen molar-refractivity contribution in [3.63, 3.8) is 0 Å². The molecule has 2 atom stereocenters. The first-order chi connectivity index (χ1) is 13.3. The number of rotatable bonds is 8. The fourth-order valence-electron chi connectivity index (χ4n) is 3.14. The van der Waals surface area contributed by atoms with Crippen molar-refractivity contribution in [2.45, 2.75) is 52.0 Å². The maximum atomic E-state index is 12.6. The second kappa shape index (κ2) is 11.0. The van der Waals surface area contributed by atoms with Crippen LogP contribution in [0.2, 0.25) is 0 Å². The maximum Gasteiger partial charge on any atom is 0.434 e. The Labute approximate surface area is 168 Å². The van der Waals surface area contributed by atoms with Gasteiger partial charge >= 0.3 is 6.18 Å². The van der Waals surface area contributed by atoms with E-state index >= 15 is 0 Å². The lowest BCUT2D eigenvalue weighted by Crippen LogP contribution is -2.45. The molecule has 28 heavy (non-hydrogen) atoms. The van der Waals surface area contributed by atoms with Crippen LogP contribution in [0.15, 0.2) is 10.4 Å². The van der Waals surface area contributed by atoms with Gasteiger partial charge in [0.05, 0.1) is 17.2 Å². The predicted octanol–water partition coefficient (Wildman–Crippen LogP) is 2.76.